The number of hydrogen-bond acceptors (Lipinski definition) is 2. The molecule has 1 unspecified atom stereocenters. The number of dihydropyridines is 1. The van der Waals surface area contributed by atoms with Gasteiger partial charge in [0.1, 0.15) is 5.82 Å². The number of likely N-dealkylation sites (tertiary alicyclic amines) is 1. The molecule has 0 radical (unpaired) electrons. The van der Waals surface area contributed by atoms with Crippen molar-refractivity contribution in [3.8, 4) is 0 Å². The van der Waals surface area contributed by atoms with E-state index in [0.29, 0.717) is 0 Å². The third-order valence-corrected chi connectivity index (χ3v) is 4.44. The molecule has 1 aromatic rings. The van der Waals surface area contributed by atoms with Crippen molar-refractivity contribution in [3.63, 3.8) is 0 Å². The molecule has 0 aromatic heterocycles. The van der Waals surface area contributed by atoms with E-state index in [4.69, 9.17) is 0 Å². The van der Waals surface area contributed by atoms with Crippen LogP contribution in [-0.2, 0) is 0 Å². The molecule has 1 atom stereocenters. The summed E-state index contributed by atoms with van der Waals surface area (Å²) < 4.78 is 13.4. The lowest BCUT2D eigenvalue weighted by atomic mass is 9.97. The minimum absolute atomic E-state index is 0.0735. The van der Waals surface area contributed by atoms with Crippen molar-refractivity contribution in [1.29, 1.82) is 0 Å². The van der Waals surface area contributed by atoms with Crippen LogP contribution in [-0.4, -0.2) is 24.5 Å². The molecule has 0 bridgehead atoms. The third kappa shape index (κ3) is 3.73. The van der Waals surface area contributed by atoms with E-state index in [1.165, 1.54) is 37.6 Å². The first-order valence-corrected chi connectivity index (χ1v) is 7.82. The smallest absolute Gasteiger partial charge is 0.123 e. The molecule has 0 saturated carbocycles. The maximum absolute atomic E-state index is 13.4. The molecule has 0 spiro atoms. The Kier molecular flexibility index (Phi) is 4.39. The molecule has 2 heterocycles. The number of hydrogen-bond donors (Lipinski definition) is 1. The zero-order chi connectivity index (χ0) is 14.7. The first kappa shape index (κ1) is 14.3. The first-order chi connectivity index (χ1) is 10.2. The van der Waals surface area contributed by atoms with E-state index in [2.05, 4.69) is 29.3 Å². The van der Waals surface area contributed by atoms with Crippen LogP contribution >= 0.6 is 0 Å². The van der Waals surface area contributed by atoms with Gasteiger partial charge in [0.25, 0.3) is 0 Å². The van der Waals surface area contributed by atoms with Crippen molar-refractivity contribution in [2.24, 2.45) is 5.92 Å². The van der Waals surface area contributed by atoms with Gasteiger partial charge in [0.15, 0.2) is 0 Å². The van der Waals surface area contributed by atoms with Crippen LogP contribution in [0.3, 0.4) is 0 Å². The Morgan fingerprint density at radius 3 is 2.86 bits per heavy atom. The Labute approximate surface area is 126 Å². The summed E-state index contributed by atoms with van der Waals surface area (Å²) in [5.74, 6) is 0.683. The van der Waals surface area contributed by atoms with Gasteiger partial charge in [-0.2, -0.15) is 0 Å². The molecule has 3 heteroatoms. The third-order valence-electron chi connectivity index (χ3n) is 4.44. The molecular weight excluding hydrogens is 263 g/mol. The fourth-order valence-corrected chi connectivity index (χ4v) is 3.05. The van der Waals surface area contributed by atoms with Crippen molar-refractivity contribution >= 4 is 0 Å². The van der Waals surface area contributed by atoms with Crippen LogP contribution < -0.4 is 5.32 Å². The number of nitrogens with zero attached hydrogens (tertiary/aromatic N) is 1. The van der Waals surface area contributed by atoms with Crippen molar-refractivity contribution in [2.45, 2.75) is 25.8 Å². The molecule has 1 N–H and O–H groups in total. The number of halogens is 1. The molecule has 2 nitrogen and oxygen atoms in total. The average molecular weight is 286 g/mol. The maximum atomic E-state index is 13.4. The lowest BCUT2D eigenvalue weighted by Crippen LogP contribution is -2.34. The number of rotatable bonds is 3. The van der Waals surface area contributed by atoms with Gasteiger partial charge in [-0.25, -0.2) is 4.39 Å². The summed E-state index contributed by atoms with van der Waals surface area (Å²) in [5, 5.41) is 3.29. The highest BCUT2D eigenvalue weighted by molar-refractivity contribution is 5.33. The van der Waals surface area contributed by atoms with Crippen LogP contribution in [0, 0.1) is 11.7 Å². The van der Waals surface area contributed by atoms with E-state index in [-0.39, 0.29) is 11.9 Å². The molecule has 21 heavy (non-hydrogen) atoms. The van der Waals surface area contributed by atoms with E-state index in [9.17, 15) is 4.39 Å². The topological polar surface area (TPSA) is 15.3 Å². The second-order valence-electron chi connectivity index (χ2n) is 6.23. The molecule has 1 saturated heterocycles. The Hall–Kier alpha value is -1.61. The van der Waals surface area contributed by atoms with E-state index in [1.54, 1.807) is 12.1 Å². The molecule has 0 aliphatic carbocycles. The first-order valence-electron chi connectivity index (χ1n) is 7.82. The Balaban J connectivity index is 1.66. The summed E-state index contributed by atoms with van der Waals surface area (Å²) >= 11 is 0. The normalized spacial score (nSPS) is 23.7. The van der Waals surface area contributed by atoms with Crippen LogP contribution in [0.4, 0.5) is 4.39 Å². The number of benzene rings is 1. The molecule has 112 valence electrons. The van der Waals surface area contributed by atoms with E-state index >= 15 is 0 Å². The highest BCUT2D eigenvalue weighted by Crippen LogP contribution is 2.23. The van der Waals surface area contributed by atoms with Crippen LogP contribution in [0.1, 0.15) is 31.4 Å². The van der Waals surface area contributed by atoms with Crippen LogP contribution in [0.25, 0.3) is 0 Å². The molecule has 2 aliphatic heterocycles. The minimum Gasteiger partial charge on any atom is -0.381 e. The Morgan fingerprint density at radius 1 is 1.29 bits per heavy atom. The summed E-state index contributed by atoms with van der Waals surface area (Å²) in [6.45, 7) is 5.70. The van der Waals surface area contributed by atoms with E-state index < -0.39 is 0 Å². The van der Waals surface area contributed by atoms with Gasteiger partial charge in [-0.1, -0.05) is 25.1 Å². The second kappa shape index (κ2) is 6.44. The van der Waals surface area contributed by atoms with Crippen LogP contribution in [0.2, 0.25) is 0 Å². The highest BCUT2D eigenvalue weighted by atomic mass is 19.1. The Morgan fingerprint density at radius 2 is 2.10 bits per heavy atom. The van der Waals surface area contributed by atoms with Crippen LogP contribution in [0.5, 0.6) is 0 Å². The van der Waals surface area contributed by atoms with Gasteiger partial charge >= 0.3 is 0 Å². The maximum Gasteiger partial charge on any atom is 0.123 e. The average Bonchev–Trinajstić information content (AvgIpc) is 2.50. The molecule has 1 aromatic carbocycles. The van der Waals surface area contributed by atoms with Gasteiger partial charge in [0.2, 0.25) is 0 Å². The lowest BCUT2D eigenvalue weighted by Gasteiger charge is -2.31. The monoisotopic (exact) mass is 286 g/mol. The molecular formula is C18H23FN2. The second-order valence-corrected chi connectivity index (χ2v) is 6.23. The fourth-order valence-electron chi connectivity index (χ4n) is 3.05. The van der Waals surface area contributed by atoms with Gasteiger partial charge in [0, 0.05) is 6.54 Å². The molecule has 2 aliphatic rings. The SMILES string of the molecule is CC1CCN(CC2=CC(c3cccc(F)c3)NC=C2)CC1. The van der Waals surface area contributed by atoms with Crippen molar-refractivity contribution in [3.05, 3.63) is 59.6 Å². The quantitative estimate of drug-likeness (QED) is 0.912. The lowest BCUT2D eigenvalue weighted by molar-refractivity contribution is 0.207. The largest absolute Gasteiger partial charge is 0.381 e. The predicted molar refractivity (Wildman–Crippen MR) is 84.3 cm³/mol. The van der Waals surface area contributed by atoms with Crippen molar-refractivity contribution in [2.75, 3.05) is 19.6 Å². The summed E-state index contributed by atoms with van der Waals surface area (Å²) in [6, 6.07) is 6.90. The number of piperidine rings is 1. The Bertz CT molecular complexity index is 542. The molecule has 0 amide bonds. The standard InChI is InChI=1S/C18H23FN2/c1-14-6-9-21(10-7-14)13-15-5-8-20-18(11-15)16-3-2-4-17(19)12-16/h2-5,8,11-12,14,18,20H,6-7,9-10,13H2,1H3. The zero-order valence-electron chi connectivity index (χ0n) is 12.6. The van der Waals surface area contributed by atoms with E-state index in [0.717, 1.165) is 18.0 Å². The minimum atomic E-state index is -0.177. The number of nitrogens with one attached hydrogen (secondary N) is 1. The predicted octanol–water partition coefficient (Wildman–Crippen LogP) is 3.64. The highest BCUT2D eigenvalue weighted by Gasteiger charge is 2.18. The van der Waals surface area contributed by atoms with Crippen molar-refractivity contribution < 1.29 is 4.39 Å². The van der Waals surface area contributed by atoms with E-state index in [1.807, 2.05) is 12.3 Å². The summed E-state index contributed by atoms with van der Waals surface area (Å²) in [7, 11) is 0. The van der Waals surface area contributed by atoms with Crippen molar-refractivity contribution in [1.82, 2.24) is 10.2 Å². The van der Waals surface area contributed by atoms with Gasteiger partial charge < -0.3 is 5.32 Å². The van der Waals surface area contributed by atoms with Gasteiger partial charge in [-0.15, -0.1) is 0 Å². The van der Waals surface area contributed by atoms with Crippen LogP contribution in [0.15, 0.2) is 48.2 Å². The summed E-state index contributed by atoms with van der Waals surface area (Å²) in [4.78, 5) is 2.52. The van der Waals surface area contributed by atoms with Gasteiger partial charge in [-0.3, -0.25) is 4.90 Å². The summed E-state index contributed by atoms with van der Waals surface area (Å²) in [5.41, 5.74) is 2.29. The van der Waals surface area contributed by atoms with Gasteiger partial charge in [-0.05, 0) is 67.4 Å². The molecule has 1 fully saturated rings. The molecule has 3 rings (SSSR count). The zero-order valence-corrected chi connectivity index (χ0v) is 12.6. The van der Waals surface area contributed by atoms with Gasteiger partial charge in [0.05, 0.1) is 6.04 Å². The fraction of sp³-hybridized carbons (Fsp3) is 0.444. The summed E-state index contributed by atoms with van der Waals surface area (Å²) in [6.07, 6.45) is 8.92.